The first-order valence-electron chi connectivity index (χ1n) is 4.53. The summed E-state index contributed by atoms with van der Waals surface area (Å²) >= 11 is 0. The highest BCUT2D eigenvalue weighted by Crippen LogP contribution is 2.17. The van der Waals surface area contributed by atoms with E-state index in [9.17, 15) is 9.18 Å². The number of rotatable bonds is 4. The van der Waals surface area contributed by atoms with Crippen LogP contribution in [0, 0.1) is 5.82 Å². The summed E-state index contributed by atoms with van der Waals surface area (Å²) in [5.41, 5.74) is 1.77. The minimum Gasteiger partial charge on any atom is -0.300 e. The van der Waals surface area contributed by atoms with Crippen LogP contribution in [0.15, 0.2) is 30.8 Å². The summed E-state index contributed by atoms with van der Waals surface area (Å²) in [7, 11) is 0. The van der Waals surface area contributed by atoms with Crippen molar-refractivity contribution in [2.45, 2.75) is 19.8 Å². The van der Waals surface area contributed by atoms with Crippen LogP contribution in [0.4, 0.5) is 4.39 Å². The van der Waals surface area contributed by atoms with Crippen LogP contribution in [0.2, 0.25) is 0 Å². The summed E-state index contributed by atoms with van der Waals surface area (Å²) in [4.78, 5) is 10.7. The van der Waals surface area contributed by atoms with Gasteiger partial charge in [-0.2, -0.15) is 0 Å². The Morgan fingerprint density at radius 2 is 1.86 bits per heavy atom. The lowest BCUT2D eigenvalue weighted by Gasteiger charge is -2.03. The van der Waals surface area contributed by atoms with Crippen LogP contribution < -0.4 is 0 Å². The van der Waals surface area contributed by atoms with Gasteiger partial charge in [0.2, 0.25) is 0 Å². The molecule has 0 radical (unpaired) electrons. The van der Waals surface area contributed by atoms with E-state index in [1.165, 1.54) is 12.1 Å². The van der Waals surface area contributed by atoms with Gasteiger partial charge in [-0.3, -0.25) is 0 Å². The van der Waals surface area contributed by atoms with E-state index in [0.717, 1.165) is 11.1 Å². The number of hydrogen-bond donors (Lipinski definition) is 0. The number of hydrogen-bond acceptors (Lipinski definition) is 1. The maximum atomic E-state index is 12.6. The van der Waals surface area contributed by atoms with Crippen molar-refractivity contribution in [1.29, 1.82) is 0 Å². The molecule has 0 atom stereocenters. The first-order chi connectivity index (χ1) is 6.59. The van der Waals surface area contributed by atoms with Gasteiger partial charge in [0.1, 0.15) is 11.6 Å². The molecule has 0 saturated heterocycles. The SMILES string of the molecule is C=C(CCC(C)=O)c1ccc(F)cc1. The van der Waals surface area contributed by atoms with Crippen LogP contribution >= 0.6 is 0 Å². The number of benzene rings is 1. The average Bonchev–Trinajstić information content (AvgIpc) is 2.15. The Balaban J connectivity index is 2.61. The highest BCUT2D eigenvalue weighted by atomic mass is 19.1. The zero-order valence-electron chi connectivity index (χ0n) is 8.22. The minimum absolute atomic E-state index is 0.147. The molecule has 0 aliphatic carbocycles. The smallest absolute Gasteiger partial charge is 0.130 e. The lowest BCUT2D eigenvalue weighted by molar-refractivity contribution is -0.116. The summed E-state index contributed by atoms with van der Waals surface area (Å²) in [6.07, 6.45) is 1.14. The van der Waals surface area contributed by atoms with E-state index in [1.54, 1.807) is 19.1 Å². The molecule has 2 heteroatoms. The number of halogens is 1. The quantitative estimate of drug-likeness (QED) is 0.715. The fourth-order valence-corrected chi connectivity index (χ4v) is 1.16. The Hall–Kier alpha value is -1.44. The van der Waals surface area contributed by atoms with Gasteiger partial charge in [0, 0.05) is 6.42 Å². The highest BCUT2D eigenvalue weighted by molar-refractivity contribution is 5.78. The van der Waals surface area contributed by atoms with Crippen molar-refractivity contribution in [3.8, 4) is 0 Å². The molecule has 0 amide bonds. The van der Waals surface area contributed by atoms with Gasteiger partial charge in [0.15, 0.2) is 0 Å². The van der Waals surface area contributed by atoms with Crippen LogP contribution in [0.3, 0.4) is 0 Å². The van der Waals surface area contributed by atoms with Crippen LogP contribution in [0.5, 0.6) is 0 Å². The first-order valence-corrected chi connectivity index (χ1v) is 4.53. The third kappa shape index (κ3) is 3.13. The van der Waals surface area contributed by atoms with E-state index in [0.29, 0.717) is 12.8 Å². The molecular formula is C12H13FO. The fraction of sp³-hybridized carbons (Fsp3) is 0.250. The summed E-state index contributed by atoms with van der Waals surface area (Å²) in [5.74, 6) is -0.110. The second kappa shape index (κ2) is 4.70. The number of ketones is 1. The van der Waals surface area contributed by atoms with Crippen molar-refractivity contribution < 1.29 is 9.18 Å². The molecule has 0 unspecified atom stereocenters. The van der Waals surface area contributed by atoms with Crippen molar-refractivity contribution in [1.82, 2.24) is 0 Å². The number of allylic oxidation sites excluding steroid dienone is 1. The molecule has 0 spiro atoms. The molecule has 1 rings (SSSR count). The molecule has 0 N–H and O–H groups in total. The van der Waals surface area contributed by atoms with Crippen molar-refractivity contribution in [2.24, 2.45) is 0 Å². The van der Waals surface area contributed by atoms with E-state index in [2.05, 4.69) is 6.58 Å². The summed E-state index contributed by atoms with van der Waals surface area (Å²) in [6.45, 7) is 5.41. The van der Waals surface area contributed by atoms with Gasteiger partial charge in [-0.25, -0.2) is 4.39 Å². The standard InChI is InChI=1S/C12H13FO/c1-9(3-4-10(2)14)11-5-7-12(13)8-6-11/h5-8H,1,3-4H2,2H3. The molecule has 0 aliphatic rings. The van der Waals surface area contributed by atoms with Crippen LogP contribution in [-0.4, -0.2) is 5.78 Å². The Kier molecular flexibility index (Phi) is 3.57. The van der Waals surface area contributed by atoms with E-state index >= 15 is 0 Å². The molecule has 0 saturated carbocycles. The van der Waals surface area contributed by atoms with E-state index in [1.807, 2.05) is 0 Å². The first kappa shape index (κ1) is 10.6. The molecule has 74 valence electrons. The fourth-order valence-electron chi connectivity index (χ4n) is 1.16. The second-order valence-corrected chi connectivity index (χ2v) is 3.31. The van der Waals surface area contributed by atoms with Gasteiger partial charge in [-0.05, 0) is 36.6 Å². The molecule has 14 heavy (non-hydrogen) atoms. The van der Waals surface area contributed by atoms with Gasteiger partial charge in [0.05, 0.1) is 0 Å². The van der Waals surface area contributed by atoms with Crippen LogP contribution in [0.1, 0.15) is 25.3 Å². The van der Waals surface area contributed by atoms with Gasteiger partial charge in [-0.15, -0.1) is 0 Å². The Labute approximate surface area is 83.3 Å². The predicted octanol–water partition coefficient (Wildman–Crippen LogP) is 3.21. The maximum absolute atomic E-state index is 12.6. The van der Waals surface area contributed by atoms with E-state index in [4.69, 9.17) is 0 Å². The highest BCUT2D eigenvalue weighted by Gasteiger charge is 2.01. The molecule has 1 aromatic carbocycles. The van der Waals surface area contributed by atoms with Crippen molar-refractivity contribution in [2.75, 3.05) is 0 Å². The summed E-state index contributed by atoms with van der Waals surface area (Å²) in [6, 6.07) is 6.15. The monoisotopic (exact) mass is 192 g/mol. The summed E-state index contributed by atoms with van der Waals surface area (Å²) < 4.78 is 12.6. The Morgan fingerprint density at radius 1 is 1.29 bits per heavy atom. The third-order valence-electron chi connectivity index (χ3n) is 2.03. The molecule has 1 aromatic rings. The van der Waals surface area contributed by atoms with Gasteiger partial charge < -0.3 is 4.79 Å². The molecular weight excluding hydrogens is 179 g/mol. The number of Topliss-reactive ketones (excluding diaryl/α,β-unsaturated/α-hetero) is 1. The Bertz CT molecular complexity index is 338. The van der Waals surface area contributed by atoms with E-state index in [-0.39, 0.29) is 11.6 Å². The number of carbonyl (C=O) groups is 1. The van der Waals surface area contributed by atoms with Gasteiger partial charge in [0.25, 0.3) is 0 Å². The molecule has 0 fully saturated rings. The largest absolute Gasteiger partial charge is 0.300 e. The lowest BCUT2D eigenvalue weighted by Crippen LogP contribution is -1.91. The summed E-state index contributed by atoms with van der Waals surface area (Å²) in [5, 5.41) is 0. The topological polar surface area (TPSA) is 17.1 Å². The molecule has 1 nitrogen and oxygen atoms in total. The van der Waals surface area contributed by atoms with Gasteiger partial charge >= 0.3 is 0 Å². The normalized spacial score (nSPS) is 9.86. The zero-order chi connectivity index (χ0) is 10.6. The van der Waals surface area contributed by atoms with Crippen molar-refractivity contribution in [3.63, 3.8) is 0 Å². The van der Waals surface area contributed by atoms with E-state index < -0.39 is 0 Å². The Morgan fingerprint density at radius 3 is 2.36 bits per heavy atom. The molecule has 0 aromatic heterocycles. The van der Waals surface area contributed by atoms with Crippen molar-refractivity contribution >= 4 is 11.4 Å². The second-order valence-electron chi connectivity index (χ2n) is 3.31. The lowest BCUT2D eigenvalue weighted by atomic mass is 10.0. The third-order valence-corrected chi connectivity index (χ3v) is 2.03. The van der Waals surface area contributed by atoms with Crippen LogP contribution in [0.25, 0.3) is 5.57 Å². The molecule has 0 heterocycles. The van der Waals surface area contributed by atoms with Crippen molar-refractivity contribution in [3.05, 3.63) is 42.2 Å². The maximum Gasteiger partial charge on any atom is 0.130 e. The molecule has 0 aliphatic heterocycles. The predicted molar refractivity (Wildman–Crippen MR) is 55.3 cm³/mol. The number of carbonyl (C=O) groups excluding carboxylic acids is 1. The average molecular weight is 192 g/mol. The molecule has 0 bridgehead atoms. The zero-order valence-corrected chi connectivity index (χ0v) is 8.22. The van der Waals surface area contributed by atoms with Crippen LogP contribution in [-0.2, 0) is 4.79 Å². The van der Waals surface area contributed by atoms with Gasteiger partial charge in [-0.1, -0.05) is 18.7 Å². The minimum atomic E-state index is -0.256.